The van der Waals surface area contributed by atoms with Crippen molar-refractivity contribution in [3.63, 3.8) is 0 Å². The van der Waals surface area contributed by atoms with E-state index in [1.807, 2.05) is 6.07 Å². The summed E-state index contributed by atoms with van der Waals surface area (Å²) in [5.41, 5.74) is -3.23. The van der Waals surface area contributed by atoms with Crippen LogP contribution in [0.1, 0.15) is 25.0 Å². The average Bonchev–Trinajstić information content (AvgIpc) is 2.53. The molecule has 3 nitrogen and oxygen atoms in total. The van der Waals surface area contributed by atoms with Crippen LogP contribution in [-0.4, -0.2) is 15.9 Å². The zero-order valence-corrected chi connectivity index (χ0v) is 16.8. The molecule has 1 aromatic carbocycles. The summed E-state index contributed by atoms with van der Waals surface area (Å²) in [5.74, 6) is -0.0625. The Morgan fingerprint density at radius 2 is 1.68 bits per heavy atom. The molecule has 1 N–H and O–H groups in total. The second-order valence-electron chi connectivity index (χ2n) is 5.30. The van der Waals surface area contributed by atoms with E-state index in [-0.39, 0.29) is 49.0 Å². The van der Waals surface area contributed by atoms with Gasteiger partial charge in [0.15, 0.2) is 5.78 Å². The first-order valence-corrected chi connectivity index (χ1v) is 7.31. The van der Waals surface area contributed by atoms with Gasteiger partial charge in [0.25, 0.3) is 0 Å². The number of aliphatic hydroxyl groups excluding tert-OH is 1. The van der Waals surface area contributed by atoms with Gasteiger partial charge < -0.3 is 10.1 Å². The molecule has 2 rings (SSSR count). The van der Waals surface area contributed by atoms with E-state index in [4.69, 9.17) is 5.11 Å². The van der Waals surface area contributed by atoms with Gasteiger partial charge in [0, 0.05) is 32.4 Å². The number of allylic oxidation sites excluding steroid dienone is 2. The molecule has 0 atom stereocenters. The fraction of sp³-hybridized carbons (Fsp3) is 0.222. The second kappa shape index (κ2) is 10.4. The fourth-order valence-corrected chi connectivity index (χ4v) is 1.84. The predicted octanol–water partition coefficient (Wildman–Crippen LogP) is 5.62. The number of halogens is 6. The molecule has 0 aliphatic rings. The molecule has 0 spiro atoms. The number of hydrogen-bond acceptors (Lipinski definition) is 3. The molecule has 1 radical (unpaired) electrons. The van der Waals surface area contributed by atoms with E-state index in [0.29, 0.717) is 6.07 Å². The minimum absolute atomic E-state index is 0. The van der Waals surface area contributed by atoms with Crippen LogP contribution in [0.25, 0.3) is 11.3 Å². The molecule has 0 aliphatic carbocycles. The molecule has 0 saturated carbocycles. The van der Waals surface area contributed by atoms with E-state index < -0.39 is 23.5 Å². The summed E-state index contributed by atoms with van der Waals surface area (Å²) in [5, 5.41) is 8.36. The van der Waals surface area contributed by atoms with Crippen LogP contribution in [0.4, 0.5) is 26.3 Å². The quantitative estimate of drug-likeness (QED) is 0.217. The van der Waals surface area contributed by atoms with Crippen molar-refractivity contribution in [3.8, 4) is 11.3 Å². The number of hydrogen-bond donors (Lipinski definition) is 1. The Kier molecular flexibility index (Phi) is 9.57. The number of nitrogens with zero attached hydrogens (tertiary/aromatic N) is 1. The minimum Gasteiger partial charge on any atom is -0.512 e. The number of aliphatic hydroxyl groups is 1. The number of ketones is 1. The summed E-state index contributed by atoms with van der Waals surface area (Å²) in [6.45, 7) is 2.85. The average molecular weight is 583 g/mol. The molecule has 0 bridgehead atoms. The first kappa shape index (κ1) is 25.8. The number of benzene rings is 1. The summed E-state index contributed by atoms with van der Waals surface area (Å²) in [4.78, 5) is 13.7. The van der Waals surface area contributed by atoms with Gasteiger partial charge >= 0.3 is 12.4 Å². The van der Waals surface area contributed by atoms with Gasteiger partial charge in [0.1, 0.15) is 0 Å². The third-order valence-electron chi connectivity index (χ3n) is 2.85. The number of carbonyl (C=O) groups is 1. The molecule has 10 heteroatoms. The molecule has 28 heavy (non-hydrogen) atoms. The minimum atomic E-state index is -4.91. The first-order valence-electron chi connectivity index (χ1n) is 7.31. The van der Waals surface area contributed by atoms with Gasteiger partial charge in [0.05, 0.1) is 5.76 Å². The van der Waals surface area contributed by atoms with Crippen LogP contribution in [0.5, 0.6) is 0 Å². The Bertz CT molecular complexity index is 781. The third-order valence-corrected chi connectivity index (χ3v) is 2.85. The Morgan fingerprint density at radius 1 is 1.07 bits per heavy atom. The first-order chi connectivity index (χ1) is 12.3. The van der Waals surface area contributed by atoms with Crippen molar-refractivity contribution >= 4 is 5.78 Å². The smallest absolute Gasteiger partial charge is 0.399 e. The van der Waals surface area contributed by atoms with E-state index in [2.05, 4.69) is 4.98 Å². The Morgan fingerprint density at radius 3 is 2.04 bits per heavy atom. The summed E-state index contributed by atoms with van der Waals surface area (Å²) in [6, 6.07) is 6.83. The van der Waals surface area contributed by atoms with Crippen molar-refractivity contribution in [2.24, 2.45) is 0 Å². The predicted molar refractivity (Wildman–Crippen MR) is 85.6 cm³/mol. The van der Waals surface area contributed by atoms with Gasteiger partial charge in [-0.1, -0.05) is 12.1 Å². The van der Waals surface area contributed by atoms with Crippen molar-refractivity contribution in [1.29, 1.82) is 0 Å². The van der Waals surface area contributed by atoms with E-state index >= 15 is 0 Å². The van der Waals surface area contributed by atoms with Gasteiger partial charge in [-0.05, 0) is 36.7 Å². The molecule has 0 fully saturated rings. The monoisotopic (exact) mass is 583 g/mol. The second-order valence-corrected chi connectivity index (χ2v) is 5.30. The van der Waals surface area contributed by atoms with Crippen molar-refractivity contribution in [1.82, 2.24) is 4.98 Å². The number of alkyl halides is 6. The summed E-state index contributed by atoms with van der Waals surface area (Å²) < 4.78 is 75.8. The summed E-state index contributed by atoms with van der Waals surface area (Å²) in [6.07, 6.45) is -7.35. The number of pyridine rings is 1. The molecule has 1 heterocycles. The Balaban J connectivity index is 0.000000786. The van der Waals surface area contributed by atoms with E-state index in [9.17, 15) is 31.1 Å². The molecule has 1 aromatic heterocycles. The zero-order chi connectivity index (χ0) is 20.8. The molecule has 0 saturated heterocycles. The largest absolute Gasteiger partial charge is 0.512 e. The van der Waals surface area contributed by atoms with Crippen LogP contribution < -0.4 is 0 Å². The van der Waals surface area contributed by atoms with Gasteiger partial charge in [0.2, 0.25) is 0 Å². The van der Waals surface area contributed by atoms with Crippen LogP contribution in [0, 0.1) is 6.07 Å². The van der Waals surface area contributed by atoms with Crippen LogP contribution in [0.3, 0.4) is 0 Å². The van der Waals surface area contributed by atoms with Crippen molar-refractivity contribution in [2.75, 3.05) is 0 Å². The summed E-state index contributed by atoms with van der Waals surface area (Å²) in [7, 11) is 0. The maximum Gasteiger partial charge on any atom is 0.399 e. The van der Waals surface area contributed by atoms with Gasteiger partial charge in [-0.25, -0.2) is 0 Å². The zero-order valence-electron chi connectivity index (χ0n) is 14.4. The van der Waals surface area contributed by atoms with E-state index in [0.717, 1.165) is 0 Å². The van der Waals surface area contributed by atoms with Gasteiger partial charge in [-0.3, -0.25) is 4.79 Å². The van der Waals surface area contributed by atoms with E-state index in [1.165, 1.54) is 44.3 Å². The van der Waals surface area contributed by atoms with E-state index in [1.54, 1.807) is 0 Å². The molecule has 0 aliphatic heterocycles. The van der Waals surface area contributed by atoms with Gasteiger partial charge in [-0.2, -0.15) is 26.3 Å². The SMILES string of the molecule is CC(=O)/C=C(/C)O.FC(F)(F)c1[c-]c(-c2ccccn2)cc(C(F)(F)F)c1.[Ir]. The molecule has 155 valence electrons. The van der Waals surface area contributed by atoms with Crippen molar-refractivity contribution < 1.29 is 56.3 Å². The summed E-state index contributed by atoms with van der Waals surface area (Å²) >= 11 is 0. The standard InChI is InChI=1S/C13H6F6N.C5H8O2.Ir/c14-12(15,16)9-5-8(11-3-1-2-4-20-11)6-10(7-9)13(17,18)19;1-4(6)3-5(2)7;/h1-5,7H;3,6H,1-2H3;/q-1;;/b;4-3-;. The molecular weight excluding hydrogens is 568 g/mol. The molecule has 2 aromatic rings. The molecule has 0 unspecified atom stereocenters. The fourth-order valence-electron chi connectivity index (χ4n) is 1.84. The maximum absolute atomic E-state index is 12.7. The maximum atomic E-state index is 12.7. The number of aromatic nitrogens is 1. The topological polar surface area (TPSA) is 50.2 Å². The van der Waals surface area contributed by atoms with Crippen molar-refractivity contribution in [2.45, 2.75) is 26.2 Å². The third kappa shape index (κ3) is 8.67. The van der Waals surface area contributed by atoms with Crippen LogP contribution in [0.2, 0.25) is 0 Å². The Labute approximate surface area is 170 Å². The molecule has 0 amide bonds. The normalized spacial score (nSPS) is 11.8. The van der Waals surface area contributed by atoms with Crippen LogP contribution in [0.15, 0.2) is 48.4 Å². The van der Waals surface area contributed by atoms with Crippen molar-refractivity contribution in [3.05, 3.63) is 65.6 Å². The number of rotatable bonds is 2. The van der Waals surface area contributed by atoms with Gasteiger partial charge in [-0.15, -0.1) is 23.8 Å². The Hall–Kier alpha value is -2.19. The van der Waals surface area contributed by atoms with Crippen LogP contribution in [-0.2, 0) is 37.3 Å². The number of carbonyl (C=O) groups excluding carboxylic acids is 1. The van der Waals surface area contributed by atoms with Crippen LogP contribution >= 0.6 is 0 Å². The molecular formula is C18H14F6IrNO2-.